The van der Waals surface area contributed by atoms with Crippen LogP contribution in [0, 0.1) is 5.82 Å². The average Bonchev–Trinajstić information content (AvgIpc) is 2.67. The molecule has 0 spiro atoms. The molecule has 1 amide bonds. The third-order valence-corrected chi connectivity index (χ3v) is 6.34. The Balaban J connectivity index is 1.71. The van der Waals surface area contributed by atoms with Crippen molar-refractivity contribution in [1.29, 1.82) is 0 Å². The van der Waals surface area contributed by atoms with Crippen molar-refractivity contribution in [2.75, 3.05) is 26.2 Å². The minimum absolute atomic E-state index is 0.0558. The zero-order valence-electron chi connectivity index (χ0n) is 14.7. The number of pyridine rings is 1. The molecule has 1 aromatic heterocycles. The van der Waals surface area contributed by atoms with Crippen LogP contribution in [0.4, 0.5) is 17.6 Å². The molecule has 0 bridgehead atoms. The van der Waals surface area contributed by atoms with Gasteiger partial charge in [-0.05, 0) is 36.4 Å². The first-order chi connectivity index (χ1) is 13.5. The molecule has 0 radical (unpaired) electrons. The zero-order chi connectivity index (χ0) is 21.4. The average molecular weight is 433 g/mol. The van der Waals surface area contributed by atoms with E-state index in [1.807, 2.05) is 0 Å². The molecule has 156 valence electrons. The van der Waals surface area contributed by atoms with Gasteiger partial charge in [-0.3, -0.25) is 9.59 Å². The van der Waals surface area contributed by atoms with E-state index in [9.17, 15) is 35.6 Å². The second-order valence-corrected chi connectivity index (χ2v) is 8.20. The van der Waals surface area contributed by atoms with Gasteiger partial charge in [0, 0.05) is 26.2 Å². The number of alkyl halides is 3. The fraction of sp³-hybridized carbons (Fsp3) is 0.294. The Morgan fingerprint density at radius 3 is 2.07 bits per heavy atom. The summed E-state index contributed by atoms with van der Waals surface area (Å²) in [5, 5.41) is 0. The number of aromatic nitrogens is 1. The van der Waals surface area contributed by atoms with E-state index >= 15 is 0 Å². The highest BCUT2D eigenvalue weighted by Crippen LogP contribution is 2.26. The Hall–Kier alpha value is -2.73. The minimum atomic E-state index is -4.75. The van der Waals surface area contributed by atoms with Crippen molar-refractivity contribution in [3.8, 4) is 0 Å². The number of carbonyl (C=O) groups excluding carboxylic acids is 1. The molecular weight excluding hydrogens is 418 g/mol. The lowest BCUT2D eigenvalue weighted by Crippen LogP contribution is -2.51. The van der Waals surface area contributed by atoms with Crippen LogP contribution in [0.25, 0.3) is 0 Å². The van der Waals surface area contributed by atoms with Crippen molar-refractivity contribution >= 4 is 15.9 Å². The van der Waals surface area contributed by atoms with Crippen LogP contribution in [-0.4, -0.2) is 54.7 Å². The number of benzene rings is 1. The van der Waals surface area contributed by atoms with Crippen LogP contribution < -0.4 is 5.56 Å². The van der Waals surface area contributed by atoms with E-state index in [0.717, 1.165) is 34.6 Å². The van der Waals surface area contributed by atoms with Gasteiger partial charge in [0.05, 0.1) is 4.90 Å². The number of H-pyrrole nitrogens is 1. The first kappa shape index (κ1) is 21.0. The molecule has 0 unspecified atom stereocenters. The topological polar surface area (TPSA) is 90.6 Å². The molecule has 1 fully saturated rings. The Morgan fingerprint density at radius 2 is 1.55 bits per heavy atom. The highest BCUT2D eigenvalue weighted by Gasteiger charge is 2.34. The molecule has 1 saturated heterocycles. The van der Waals surface area contributed by atoms with E-state index in [1.165, 1.54) is 4.90 Å². The minimum Gasteiger partial charge on any atom is -0.336 e. The largest absolute Gasteiger partial charge is 0.431 e. The Bertz CT molecular complexity index is 1070. The third kappa shape index (κ3) is 4.32. The van der Waals surface area contributed by atoms with Crippen LogP contribution in [-0.2, 0) is 16.2 Å². The number of halogens is 4. The molecule has 7 nitrogen and oxygen atoms in total. The number of hydrogen-bond donors (Lipinski definition) is 1. The molecule has 1 N–H and O–H groups in total. The van der Waals surface area contributed by atoms with Gasteiger partial charge in [0.2, 0.25) is 10.0 Å². The summed E-state index contributed by atoms with van der Waals surface area (Å²) in [5.74, 6) is -1.38. The van der Waals surface area contributed by atoms with Gasteiger partial charge in [-0.2, -0.15) is 17.5 Å². The van der Waals surface area contributed by atoms with E-state index < -0.39 is 44.7 Å². The van der Waals surface area contributed by atoms with Gasteiger partial charge in [0.25, 0.3) is 11.5 Å². The Morgan fingerprint density at radius 1 is 0.966 bits per heavy atom. The molecule has 29 heavy (non-hydrogen) atoms. The van der Waals surface area contributed by atoms with Gasteiger partial charge in [-0.15, -0.1) is 0 Å². The summed E-state index contributed by atoms with van der Waals surface area (Å²) in [5.41, 5.74) is -2.91. The first-order valence-corrected chi connectivity index (χ1v) is 9.79. The molecule has 12 heteroatoms. The lowest BCUT2D eigenvalue weighted by molar-refractivity contribution is -0.141. The second kappa shape index (κ2) is 7.59. The quantitative estimate of drug-likeness (QED) is 0.746. The summed E-state index contributed by atoms with van der Waals surface area (Å²) in [6, 6.07) is 5.69. The second-order valence-electron chi connectivity index (χ2n) is 6.26. The number of nitrogens with one attached hydrogen (secondary N) is 1. The van der Waals surface area contributed by atoms with Crippen molar-refractivity contribution in [3.63, 3.8) is 0 Å². The molecule has 0 atom stereocenters. The van der Waals surface area contributed by atoms with Crippen LogP contribution in [0.5, 0.6) is 0 Å². The van der Waals surface area contributed by atoms with Gasteiger partial charge in [0.1, 0.15) is 17.1 Å². The number of nitrogens with zero attached hydrogens (tertiary/aromatic N) is 2. The predicted octanol–water partition coefficient (Wildman–Crippen LogP) is 1.68. The van der Waals surface area contributed by atoms with Crippen LogP contribution in [0.2, 0.25) is 0 Å². The number of sulfonamides is 1. The van der Waals surface area contributed by atoms with Gasteiger partial charge >= 0.3 is 6.18 Å². The van der Waals surface area contributed by atoms with Crippen LogP contribution in [0.3, 0.4) is 0 Å². The fourth-order valence-electron chi connectivity index (χ4n) is 2.86. The van der Waals surface area contributed by atoms with Crippen LogP contribution >= 0.6 is 0 Å². The summed E-state index contributed by atoms with van der Waals surface area (Å²) in [6.45, 7) is -0.270. The summed E-state index contributed by atoms with van der Waals surface area (Å²) in [7, 11) is -3.89. The lowest BCUT2D eigenvalue weighted by Gasteiger charge is -2.33. The highest BCUT2D eigenvalue weighted by molar-refractivity contribution is 7.89. The van der Waals surface area contributed by atoms with Gasteiger partial charge in [-0.1, -0.05) is 0 Å². The molecular formula is C17H15F4N3O4S. The van der Waals surface area contributed by atoms with E-state index in [4.69, 9.17) is 0 Å². The van der Waals surface area contributed by atoms with E-state index in [-0.39, 0.29) is 31.1 Å². The van der Waals surface area contributed by atoms with Gasteiger partial charge in [-0.25, -0.2) is 12.8 Å². The highest BCUT2D eigenvalue weighted by atomic mass is 32.2. The van der Waals surface area contributed by atoms with Crippen LogP contribution in [0.15, 0.2) is 46.1 Å². The summed E-state index contributed by atoms with van der Waals surface area (Å²) >= 11 is 0. The monoisotopic (exact) mass is 433 g/mol. The Kier molecular flexibility index (Phi) is 5.50. The zero-order valence-corrected chi connectivity index (χ0v) is 15.6. The van der Waals surface area contributed by atoms with Crippen molar-refractivity contribution < 1.29 is 30.8 Å². The number of amides is 1. The fourth-order valence-corrected chi connectivity index (χ4v) is 4.29. The summed E-state index contributed by atoms with van der Waals surface area (Å²) in [6.07, 6.45) is -4.75. The number of aromatic amines is 1. The molecule has 1 aromatic carbocycles. The molecule has 0 saturated carbocycles. The molecule has 0 aliphatic carbocycles. The molecule has 2 heterocycles. The number of hydrogen-bond acceptors (Lipinski definition) is 4. The summed E-state index contributed by atoms with van der Waals surface area (Å²) in [4.78, 5) is 27.0. The molecule has 3 rings (SSSR count). The maximum atomic E-state index is 13.0. The standard InChI is InChI=1S/C17H15F4N3O4S/c18-11-1-3-12(4-2-11)29(27,28)24-9-7-23(8-10-24)16(26)13-5-6-14(17(19,20)21)22-15(13)25/h1-6H,7-10H2,(H,22,25). The molecule has 2 aromatic rings. The molecule has 1 aliphatic rings. The predicted molar refractivity (Wildman–Crippen MR) is 93.1 cm³/mol. The van der Waals surface area contributed by atoms with Crippen molar-refractivity contribution in [2.45, 2.75) is 11.1 Å². The van der Waals surface area contributed by atoms with Crippen molar-refractivity contribution in [1.82, 2.24) is 14.2 Å². The normalized spacial score (nSPS) is 16.1. The lowest BCUT2D eigenvalue weighted by atomic mass is 10.2. The summed E-state index contributed by atoms with van der Waals surface area (Å²) < 4.78 is 77.1. The maximum Gasteiger partial charge on any atom is 0.431 e. The Labute approximate surface area is 162 Å². The number of carbonyl (C=O) groups is 1. The van der Waals surface area contributed by atoms with Gasteiger partial charge in [0.15, 0.2) is 0 Å². The number of rotatable bonds is 3. The van der Waals surface area contributed by atoms with Crippen molar-refractivity contribution in [3.05, 3.63) is 63.8 Å². The first-order valence-electron chi connectivity index (χ1n) is 8.35. The van der Waals surface area contributed by atoms with E-state index in [2.05, 4.69) is 0 Å². The van der Waals surface area contributed by atoms with Gasteiger partial charge < -0.3 is 9.88 Å². The van der Waals surface area contributed by atoms with Crippen molar-refractivity contribution in [2.24, 2.45) is 0 Å². The van der Waals surface area contributed by atoms with E-state index in [0.29, 0.717) is 6.07 Å². The molecule has 1 aliphatic heterocycles. The SMILES string of the molecule is O=C(c1ccc(C(F)(F)F)[nH]c1=O)N1CCN(S(=O)(=O)c2ccc(F)cc2)CC1. The smallest absolute Gasteiger partial charge is 0.336 e. The third-order valence-electron chi connectivity index (χ3n) is 4.42. The van der Waals surface area contributed by atoms with Crippen LogP contribution in [0.1, 0.15) is 16.1 Å². The maximum absolute atomic E-state index is 13.0. The van der Waals surface area contributed by atoms with E-state index in [1.54, 1.807) is 4.98 Å². The number of piperazine rings is 1.